The smallest absolute Gasteiger partial charge is 0.0873 e. The van der Waals surface area contributed by atoms with Gasteiger partial charge in [-0.1, -0.05) is 19.8 Å². The van der Waals surface area contributed by atoms with E-state index in [2.05, 4.69) is 27.8 Å². The topological polar surface area (TPSA) is 59.1 Å². The molecule has 18 heavy (non-hydrogen) atoms. The first-order valence-corrected chi connectivity index (χ1v) is 7.35. The summed E-state index contributed by atoms with van der Waals surface area (Å²) in [5.41, 5.74) is 6.67. The van der Waals surface area contributed by atoms with E-state index in [1.54, 1.807) is 12.4 Å². The molecule has 0 spiro atoms. The quantitative estimate of drug-likeness (QED) is 0.902. The number of nitrogens with two attached hydrogens (primary N) is 1. The predicted molar refractivity (Wildman–Crippen MR) is 76.0 cm³/mol. The number of aliphatic hydroxyl groups is 1. The van der Waals surface area contributed by atoms with Gasteiger partial charge in [0.1, 0.15) is 0 Å². The van der Waals surface area contributed by atoms with Crippen molar-refractivity contribution in [2.24, 2.45) is 17.1 Å². The van der Waals surface area contributed by atoms with Gasteiger partial charge in [0.05, 0.1) is 6.10 Å². The molecule has 1 aromatic heterocycles. The number of hydrogen-bond donors (Lipinski definition) is 2. The minimum Gasteiger partial charge on any atom is -0.388 e. The average molecular weight is 313 g/mol. The van der Waals surface area contributed by atoms with E-state index in [1.807, 2.05) is 6.07 Å². The monoisotopic (exact) mass is 312 g/mol. The Morgan fingerprint density at radius 1 is 1.61 bits per heavy atom. The van der Waals surface area contributed by atoms with Gasteiger partial charge in [-0.2, -0.15) is 0 Å². The summed E-state index contributed by atoms with van der Waals surface area (Å²) in [6.07, 6.45) is 7.34. The minimum atomic E-state index is -0.518. The molecule has 3 nitrogen and oxygen atoms in total. The van der Waals surface area contributed by atoms with Gasteiger partial charge >= 0.3 is 0 Å². The summed E-state index contributed by atoms with van der Waals surface area (Å²) in [7, 11) is 0. The standard InChI is InChI=1S/C14H21BrN2O/c1-10-3-2-4-14(6-10,9-16)13(18)11-5-12(15)8-17-7-11/h5,7-8,10,13,18H,2-4,6,9,16H2,1H3. The van der Waals surface area contributed by atoms with E-state index in [1.165, 1.54) is 6.42 Å². The van der Waals surface area contributed by atoms with Gasteiger partial charge in [0.2, 0.25) is 0 Å². The molecule has 1 saturated carbocycles. The number of halogens is 1. The lowest BCUT2D eigenvalue weighted by Crippen LogP contribution is -2.40. The largest absolute Gasteiger partial charge is 0.388 e. The number of hydrogen-bond acceptors (Lipinski definition) is 3. The van der Waals surface area contributed by atoms with E-state index in [9.17, 15) is 5.11 Å². The van der Waals surface area contributed by atoms with Crippen molar-refractivity contribution in [3.05, 3.63) is 28.5 Å². The summed E-state index contributed by atoms with van der Waals surface area (Å²) >= 11 is 3.40. The molecule has 1 heterocycles. The third kappa shape index (κ3) is 2.76. The fraction of sp³-hybridized carbons (Fsp3) is 0.643. The lowest BCUT2D eigenvalue weighted by atomic mass is 9.65. The Morgan fingerprint density at radius 2 is 2.39 bits per heavy atom. The van der Waals surface area contributed by atoms with Gasteiger partial charge in [0.25, 0.3) is 0 Å². The first-order chi connectivity index (χ1) is 8.57. The molecule has 0 radical (unpaired) electrons. The van der Waals surface area contributed by atoms with Crippen molar-refractivity contribution in [3.63, 3.8) is 0 Å². The maximum atomic E-state index is 10.7. The van der Waals surface area contributed by atoms with Gasteiger partial charge in [-0.05, 0) is 40.8 Å². The van der Waals surface area contributed by atoms with Gasteiger partial charge < -0.3 is 10.8 Å². The van der Waals surface area contributed by atoms with Crippen LogP contribution in [0.5, 0.6) is 0 Å². The summed E-state index contributed by atoms with van der Waals surface area (Å²) in [5, 5.41) is 10.7. The highest BCUT2D eigenvalue weighted by molar-refractivity contribution is 9.10. The summed E-state index contributed by atoms with van der Waals surface area (Å²) in [6, 6.07) is 1.94. The molecule has 0 amide bonds. The molecular formula is C14H21BrN2O. The van der Waals surface area contributed by atoms with Gasteiger partial charge in [-0.25, -0.2) is 0 Å². The Hall–Kier alpha value is -0.450. The van der Waals surface area contributed by atoms with E-state index >= 15 is 0 Å². The summed E-state index contributed by atoms with van der Waals surface area (Å²) < 4.78 is 0.898. The Morgan fingerprint density at radius 3 is 3.00 bits per heavy atom. The van der Waals surface area contributed by atoms with Crippen LogP contribution in [0.25, 0.3) is 0 Å². The third-order valence-electron chi connectivity index (χ3n) is 4.15. The van der Waals surface area contributed by atoms with Crippen LogP contribution in [-0.2, 0) is 0 Å². The van der Waals surface area contributed by atoms with Crippen molar-refractivity contribution >= 4 is 15.9 Å². The Bertz CT molecular complexity index is 413. The van der Waals surface area contributed by atoms with Crippen molar-refractivity contribution in [2.45, 2.75) is 38.7 Å². The zero-order chi connectivity index (χ0) is 13.2. The molecule has 1 aliphatic carbocycles. The number of pyridine rings is 1. The van der Waals surface area contributed by atoms with Crippen LogP contribution in [-0.4, -0.2) is 16.6 Å². The van der Waals surface area contributed by atoms with Crippen LogP contribution >= 0.6 is 15.9 Å². The molecule has 0 aromatic carbocycles. The fourth-order valence-corrected chi connectivity index (χ4v) is 3.56. The number of nitrogens with zero attached hydrogens (tertiary/aromatic N) is 1. The number of rotatable bonds is 3. The molecule has 1 aromatic rings. The molecule has 3 N–H and O–H groups in total. The maximum absolute atomic E-state index is 10.7. The lowest BCUT2D eigenvalue weighted by molar-refractivity contribution is -0.0133. The molecule has 0 saturated heterocycles. The predicted octanol–water partition coefficient (Wildman–Crippen LogP) is 3.03. The molecule has 3 unspecified atom stereocenters. The normalized spacial score (nSPS) is 30.1. The summed E-state index contributed by atoms with van der Waals surface area (Å²) in [5.74, 6) is 0.636. The molecule has 4 heteroatoms. The van der Waals surface area contributed by atoms with Crippen LogP contribution in [0.3, 0.4) is 0 Å². The average Bonchev–Trinajstić information content (AvgIpc) is 2.37. The lowest BCUT2D eigenvalue weighted by Gasteiger charge is -2.42. The third-order valence-corrected chi connectivity index (χ3v) is 4.59. The number of aromatic nitrogens is 1. The van der Waals surface area contributed by atoms with Crippen molar-refractivity contribution in [3.8, 4) is 0 Å². The van der Waals surface area contributed by atoms with Gasteiger partial charge in [0.15, 0.2) is 0 Å². The van der Waals surface area contributed by atoms with E-state index in [-0.39, 0.29) is 5.41 Å². The SMILES string of the molecule is CC1CCCC(CN)(C(O)c2cncc(Br)c2)C1. The molecule has 0 aliphatic heterocycles. The van der Waals surface area contributed by atoms with Crippen LogP contribution in [0.15, 0.2) is 22.9 Å². The molecule has 3 atom stereocenters. The summed E-state index contributed by atoms with van der Waals surface area (Å²) in [4.78, 5) is 4.14. The van der Waals surface area contributed by atoms with E-state index in [0.29, 0.717) is 12.5 Å². The Labute approximate surface area is 117 Å². The first-order valence-electron chi connectivity index (χ1n) is 6.56. The molecular weight excluding hydrogens is 292 g/mol. The Kier molecular flexibility index (Phi) is 4.41. The minimum absolute atomic E-state index is 0.180. The van der Waals surface area contributed by atoms with Crippen LogP contribution in [0, 0.1) is 11.3 Å². The highest BCUT2D eigenvalue weighted by atomic mass is 79.9. The highest BCUT2D eigenvalue weighted by Gasteiger charge is 2.40. The molecule has 2 rings (SSSR count). The van der Waals surface area contributed by atoms with Crippen molar-refractivity contribution in [2.75, 3.05) is 6.54 Å². The van der Waals surface area contributed by atoms with E-state index in [0.717, 1.165) is 29.3 Å². The van der Waals surface area contributed by atoms with E-state index in [4.69, 9.17) is 5.73 Å². The molecule has 1 aliphatic rings. The molecule has 100 valence electrons. The van der Waals surface area contributed by atoms with Gasteiger partial charge in [-0.3, -0.25) is 4.98 Å². The second kappa shape index (κ2) is 5.68. The molecule has 1 fully saturated rings. The van der Waals surface area contributed by atoms with Gasteiger partial charge in [0, 0.05) is 34.4 Å². The number of aliphatic hydroxyl groups excluding tert-OH is 1. The Balaban J connectivity index is 2.26. The van der Waals surface area contributed by atoms with Crippen LogP contribution < -0.4 is 5.73 Å². The van der Waals surface area contributed by atoms with E-state index < -0.39 is 6.10 Å². The second-order valence-corrected chi connectivity index (χ2v) is 6.52. The van der Waals surface area contributed by atoms with Crippen LogP contribution in [0.4, 0.5) is 0 Å². The van der Waals surface area contributed by atoms with Crippen molar-refractivity contribution in [1.82, 2.24) is 4.98 Å². The first kappa shape index (κ1) is 14.0. The van der Waals surface area contributed by atoms with Crippen LogP contribution in [0.2, 0.25) is 0 Å². The van der Waals surface area contributed by atoms with Gasteiger partial charge in [-0.15, -0.1) is 0 Å². The summed E-state index contributed by atoms with van der Waals surface area (Å²) in [6.45, 7) is 2.78. The fourth-order valence-electron chi connectivity index (χ4n) is 3.18. The maximum Gasteiger partial charge on any atom is 0.0873 e. The second-order valence-electron chi connectivity index (χ2n) is 5.61. The zero-order valence-electron chi connectivity index (χ0n) is 10.8. The van der Waals surface area contributed by atoms with Crippen molar-refractivity contribution < 1.29 is 5.11 Å². The van der Waals surface area contributed by atoms with Crippen LogP contribution in [0.1, 0.15) is 44.3 Å². The highest BCUT2D eigenvalue weighted by Crippen LogP contribution is 2.47. The zero-order valence-corrected chi connectivity index (χ0v) is 12.4. The van der Waals surface area contributed by atoms with Crippen molar-refractivity contribution in [1.29, 1.82) is 0 Å². The molecule has 0 bridgehead atoms.